The zero-order chi connectivity index (χ0) is 62.4. The molecule has 2 aromatic carbocycles. The van der Waals surface area contributed by atoms with Crippen LogP contribution in [0.4, 0.5) is 22.4 Å². The van der Waals surface area contributed by atoms with Crippen molar-refractivity contribution >= 4 is 103 Å². The fourth-order valence-corrected chi connectivity index (χ4v) is 16.8. The lowest BCUT2D eigenvalue weighted by atomic mass is 9.86. The first-order chi connectivity index (χ1) is 39.1. The minimum Gasteiger partial charge on any atom is -0.463 e. The van der Waals surface area contributed by atoms with Gasteiger partial charge in [0.05, 0.1) is 35.9 Å². The number of hydrogen-bond acceptors (Lipinski definition) is 18. The van der Waals surface area contributed by atoms with Gasteiger partial charge in [0.2, 0.25) is 5.88 Å². The number of amides is 1. The molecule has 0 bridgehead atoms. The Bertz CT molecular complexity index is 3630. The minimum absolute atomic E-state index is 0.0174. The van der Waals surface area contributed by atoms with Crippen molar-refractivity contribution in [3.05, 3.63) is 112 Å². The predicted molar refractivity (Wildman–Crippen MR) is 327 cm³/mol. The first-order valence-electron chi connectivity index (χ1n) is 26.0. The second-order valence-electron chi connectivity index (χ2n) is 22.5. The Hall–Kier alpha value is -5.84. The smallest absolute Gasteiger partial charge is 0.418 e. The molecular formula is C57H67ClF4N8O9S4Si. The molecule has 17 nitrogen and oxygen atoms in total. The van der Waals surface area contributed by atoms with E-state index in [1.165, 1.54) is 78.2 Å². The van der Waals surface area contributed by atoms with Gasteiger partial charge in [0.1, 0.15) is 55.3 Å². The lowest BCUT2D eigenvalue weighted by Gasteiger charge is -2.37. The number of thioether (sulfide) groups is 2. The summed E-state index contributed by atoms with van der Waals surface area (Å²) in [5, 5.41) is 8.12. The third-order valence-corrected chi connectivity index (χ3v) is 23.7. The molecule has 2 fully saturated rings. The molecular weight excluding hydrogens is 1210 g/mol. The van der Waals surface area contributed by atoms with Crippen molar-refractivity contribution in [2.24, 2.45) is 27.6 Å². The molecule has 6 atom stereocenters. The molecule has 2 aliphatic heterocycles. The quantitative estimate of drug-likeness (QED) is 0.0370. The van der Waals surface area contributed by atoms with Crippen molar-refractivity contribution in [1.29, 1.82) is 0 Å². The highest BCUT2D eigenvalue weighted by Gasteiger charge is 2.73. The zero-order valence-electron chi connectivity index (χ0n) is 48.5. The summed E-state index contributed by atoms with van der Waals surface area (Å²) in [5.41, 5.74) is 3.23. The number of nitrogens with two attached hydrogens (primary N) is 1. The van der Waals surface area contributed by atoms with Gasteiger partial charge in [0.15, 0.2) is 48.3 Å². The topological polar surface area (TPSA) is 239 Å². The fraction of sp³-hybridized carbons (Fsp3) is 0.456. The Balaban J connectivity index is 0.000000257. The average molecular weight is 1280 g/mol. The third kappa shape index (κ3) is 16.0. The number of sulfone groups is 2. The number of halogens is 5. The van der Waals surface area contributed by atoms with Crippen molar-refractivity contribution in [3.8, 4) is 29.6 Å². The Morgan fingerprint density at radius 3 is 1.77 bits per heavy atom. The van der Waals surface area contributed by atoms with Crippen molar-refractivity contribution in [2.75, 3.05) is 39.1 Å². The van der Waals surface area contributed by atoms with Crippen LogP contribution in [-0.2, 0) is 40.2 Å². The van der Waals surface area contributed by atoms with Crippen molar-refractivity contribution in [3.63, 3.8) is 0 Å². The predicted octanol–water partition coefficient (Wildman–Crippen LogP) is 10.9. The molecule has 452 valence electrons. The molecule has 84 heavy (non-hydrogen) atoms. The van der Waals surface area contributed by atoms with Gasteiger partial charge in [-0.2, -0.15) is 0 Å². The Kier molecular flexibility index (Phi) is 21.2. The number of rotatable bonds is 15. The monoisotopic (exact) mass is 1270 g/mol. The average Bonchev–Trinajstić information content (AvgIpc) is 1.53. The summed E-state index contributed by atoms with van der Waals surface area (Å²) in [6.45, 7) is 18.7. The summed E-state index contributed by atoms with van der Waals surface area (Å²) in [4.78, 5) is 39.8. The molecule has 2 aromatic heterocycles. The van der Waals surface area contributed by atoms with Crippen LogP contribution in [0.3, 0.4) is 0 Å². The second-order valence-corrected chi connectivity index (χ2v) is 36.2. The van der Waals surface area contributed by atoms with E-state index in [9.17, 15) is 30.4 Å². The summed E-state index contributed by atoms with van der Waals surface area (Å²) >= 11 is 7.72. The van der Waals surface area contributed by atoms with Crippen LogP contribution in [-0.4, -0.2) is 124 Å². The summed E-state index contributed by atoms with van der Waals surface area (Å²) in [5.74, 6) is 6.82. The molecule has 4 aromatic rings. The molecule has 0 radical (unpaired) electrons. The van der Waals surface area contributed by atoms with E-state index in [0.717, 1.165) is 42.1 Å². The van der Waals surface area contributed by atoms with Crippen LogP contribution in [0.1, 0.15) is 94.9 Å². The highest BCUT2D eigenvalue weighted by Crippen LogP contribution is 2.70. The van der Waals surface area contributed by atoms with E-state index >= 15 is 8.78 Å². The maximum absolute atomic E-state index is 15.7. The number of ether oxygens (including phenoxy) is 3. The van der Waals surface area contributed by atoms with Gasteiger partial charge in [-0.25, -0.2) is 64.0 Å². The van der Waals surface area contributed by atoms with Crippen molar-refractivity contribution in [1.82, 2.24) is 24.8 Å². The number of hydrogen-bond donors (Lipinski definition) is 2. The van der Waals surface area contributed by atoms with E-state index in [0.29, 0.717) is 24.2 Å². The molecule has 2 aliphatic carbocycles. The number of aromatic nitrogens is 4. The van der Waals surface area contributed by atoms with Gasteiger partial charge in [-0.3, -0.25) is 9.98 Å². The maximum atomic E-state index is 15.7. The summed E-state index contributed by atoms with van der Waals surface area (Å²) < 4.78 is 126. The zero-order valence-corrected chi connectivity index (χ0v) is 53.5. The molecule has 2 saturated carbocycles. The number of fused-ring (bicyclic) bond motifs is 2. The van der Waals surface area contributed by atoms with Gasteiger partial charge >= 0.3 is 6.09 Å². The van der Waals surface area contributed by atoms with Crippen LogP contribution < -0.4 is 10.5 Å². The molecule has 1 amide bonds. The first kappa shape index (κ1) is 67.3. The Morgan fingerprint density at radius 2 is 1.33 bits per heavy atom. The number of benzene rings is 2. The number of aliphatic hydroxyl groups excluding tert-OH is 1. The van der Waals surface area contributed by atoms with Gasteiger partial charge < -0.3 is 25.1 Å². The van der Waals surface area contributed by atoms with Gasteiger partial charge in [0.25, 0.3) is 0 Å². The van der Waals surface area contributed by atoms with Crippen LogP contribution in [0, 0.1) is 47.2 Å². The molecule has 4 aliphatic rings. The normalized spacial score (nSPS) is 23.5. The van der Waals surface area contributed by atoms with Crippen molar-refractivity contribution in [2.45, 2.75) is 112 Å². The molecule has 8 rings (SSSR count). The molecule has 4 heterocycles. The minimum atomic E-state index is -3.74. The largest absolute Gasteiger partial charge is 0.463 e. The van der Waals surface area contributed by atoms with Gasteiger partial charge in [0, 0.05) is 50.2 Å². The standard InChI is InChI=1S/C30H39ClF2N4O5S2Si.C23H22F2N4O3S2.C4H6O/c1-28(2,3)42-27(38)37(18-41-11-12-45(6,7)8)26-36-29(4,24-15-30(24,43-26)44(5,39)40)20-13-19(9-10-21(20)32)14-22(33)23-16-35-25(31)17-34-23;1-4-5-8-32-20-13-27-18(12-28-20)17(25)10-14-6-7-16(24)15(9-14)22(2)19-11-23(19,34(3,30)31)33-21(26)29-22;1-2-3-4-5/h9-10,13-14,16-17,24H,11-12,15,18H2,1-8H3;6-7,9-10,12-13,19H,8,11H2,1-3H3,(H2,26,29);5H,4H2,1H3/b22-14-;17-10-;/t24-,29+,30+;19-,22+,23+;/m00./s1. The third-order valence-electron chi connectivity index (χ3n) is 13.7. The molecule has 3 N–H and O–H groups in total. The lowest BCUT2D eigenvalue weighted by molar-refractivity contribution is 0.0110. The molecule has 0 saturated heterocycles. The van der Waals surface area contributed by atoms with Crippen LogP contribution in [0.25, 0.3) is 23.8 Å². The van der Waals surface area contributed by atoms with Crippen LogP contribution in [0.5, 0.6) is 5.88 Å². The Morgan fingerprint density at radius 1 is 0.821 bits per heavy atom. The van der Waals surface area contributed by atoms with Crippen LogP contribution in [0.2, 0.25) is 30.8 Å². The Labute approximate surface area is 503 Å². The number of amidine groups is 2. The highest BCUT2D eigenvalue weighted by atomic mass is 35.5. The van der Waals surface area contributed by atoms with Gasteiger partial charge in [-0.15, -0.1) is 11.8 Å². The van der Waals surface area contributed by atoms with Gasteiger partial charge in [-0.05, 0) is 115 Å². The van der Waals surface area contributed by atoms with Gasteiger partial charge in [-0.1, -0.05) is 78.7 Å². The summed E-state index contributed by atoms with van der Waals surface area (Å²) in [6, 6.07) is 8.92. The molecule has 27 heteroatoms. The van der Waals surface area contributed by atoms with Crippen LogP contribution >= 0.6 is 35.1 Å². The summed E-state index contributed by atoms with van der Waals surface area (Å²) in [7, 11) is -8.66. The van der Waals surface area contributed by atoms with Crippen molar-refractivity contribution < 1.29 is 58.5 Å². The summed E-state index contributed by atoms with van der Waals surface area (Å²) in [6.07, 6.45) is 9.25. The van der Waals surface area contributed by atoms with E-state index in [2.05, 4.69) is 68.3 Å². The van der Waals surface area contributed by atoms with E-state index in [1.807, 2.05) is 0 Å². The van der Waals surface area contributed by atoms with Crippen LogP contribution in [0.15, 0.2) is 71.2 Å². The second kappa shape index (κ2) is 26.4. The number of carbonyl (C=O) groups excluding carboxylic acids is 1. The highest BCUT2D eigenvalue weighted by molar-refractivity contribution is 8.24. The van der Waals surface area contributed by atoms with E-state index in [-0.39, 0.29) is 70.2 Å². The van der Waals surface area contributed by atoms with E-state index in [4.69, 9.17) is 41.6 Å². The lowest BCUT2D eigenvalue weighted by Crippen LogP contribution is -2.47. The fourth-order valence-electron chi connectivity index (χ4n) is 9.20. The van der Waals surface area contributed by atoms with E-state index in [1.54, 1.807) is 48.5 Å². The SMILES string of the molecule is CC#CCO.CC#CCOc1cnc(/C(F)=C/c2ccc(F)c([C@@]3(C)N=C(N)S[C@@]4(S(C)(=O)=O)C[C@H]43)c2)cn1.CC(C)(C)OC(=O)N(COCC[Si](C)(C)C)C1=N[C@](C)(c2cc(/C=C(\F)c3cnc(Cl)cn3)ccc2F)[C@@H]2C[C@]2(S(C)(=O)=O)S1. The molecule has 0 unspecified atom stereocenters. The number of carbonyl (C=O) groups is 1. The molecule has 0 spiro atoms. The number of aliphatic hydroxyl groups is 1. The first-order valence-corrected chi connectivity index (χ1v) is 35.6. The maximum Gasteiger partial charge on any atom is 0.418 e. The number of aliphatic imine (C=N–C) groups is 2. The number of nitrogens with zero attached hydrogens (tertiary/aromatic N) is 7. The van der Waals surface area contributed by atoms with E-state index < -0.39 is 93.8 Å².